The molecule has 0 aromatic heterocycles. The molecule has 3 nitrogen and oxygen atoms in total. The molecule has 4 aromatic carbocycles. The van der Waals surface area contributed by atoms with Crippen molar-refractivity contribution >= 4 is 22.4 Å². The number of para-hydroxylation sites is 1. The van der Waals surface area contributed by atoms with E-state index in [0.717, 1.165) is 23.2 Å². The molecule has 1 N–H and O–H groups in total. The summed E-state index contributed by atoms with van der Waals surface area (Å²) in [5.41, 5.74) is 3.28. The van der Waals surface area contributed by atoms with Gasteiger partial charge in [-0.1, -0.05) is 78.9 Å². The Morgan fingerprint density at radius 3 is 2.33 bits per heavy atom. The normalized spacial score (nSPS) is 18.2. The maximum atomic E-state index is 13.6. The number of carbonyl (C=O) groups is 1. The number of fused-ring (bicyclic) bond motifs is 2. The average Bonchev–Trinajstić information content (AvgIpc) is 2.79. The highest BCUT2D eigenvalue weighted by atomic mass is 16.2. The largest absolute Gasteiger partial charge is 0.358 e. The lowest BCUT2D eigenvalue weighted by atomic mass is 9.91. The SMILES string of the molecule is CC1(c2ccc3ccccc3c2)Nc2ccccc2C(=O)N1CCc1ccccc1. The van der Waals surface area contributed by atoms with Gasteiger partial charge in [0, 0.05) is 12.2 Å². The van der Waals surface area contributed by atoms with Crippen molar-refractivity contribution < 1.29 is 4.79 Å². The summed E-state index contributed by atoms with van der Waals surface area (Å²) in [4.78, 5) is 15.6. The number of carbonyl (C=O) groups excluding carboxylic acids is 1. The third-order valence-corrected chi connectivity index (χ3v) is 6.10. The highest BCUT2D eigenvalue weighted by Crippen LogP contribution is 2.38. The van der Waals surface area contributed by atoms with Crippen LogP contribution >= 0.6 is 0 Å². The third-order valence-electron chi connectivity index (χ3n) is 6.10. The van der Waals surface area contributed by atoms with Gasteiger partial charge in [-0.2, -0.15) is 0 Å². The second-order valence-corrected chi connectivity index (χ2v) is 8.00. The molecule has 1 atom stereocenters. The van der Waals surface area contributed by atoms with E-state index in [0.29, 0.717) is 6.54 Å². The molecule has 1 unspecified atom stereocenters. The van der Waals surface area contributed by atoms with Gasteiger partial charge < -0.3 is 10.2 Å². The van der Waals surface area contributed by atoms with Crippen LogP contribution in [-0.4, -0.2) is 17.4 Å². The van der Waals surface area contributed by atoms with Crippen LogP contribution in [0, 0.1) is 0 Å². The fraction of sp³-hybridized carbons (Fsp3) is 0.148. The Balaban J connectivity index is 1.59. The maximum Gasteiger partial charge on any atom is 0.258 e. The Hall–Kier alpha value is -3.59. The van der Waals surface area contributed by atoms with E-state index >= 15 is 0 Å². The number of hydrogen-bond acceptors (Lipinski definition) is 2. The minimum Gasteiger partial charge on any atom is -0.358 e. The van der Waals surface area contributed by atoms with Gasteiger partial charge in [0.1, 0.15) is 5.66 Å². The predicted molar refractivity (Wildman–Crippen MR) is 123 cm³/mol. The third kappa shape index (κ3) is 3.13. The van der Waals surface area contributed by atoms with Crippen LogP contribution in [-0.2, 0) is 12.1 Å². The molecule has 0 saturated heterocycles. The zero-order valence-corrected chi connectivity index (χ0v) is 17.0. The van der Waals surface area contributed by atoms with Crippen molar-refractivity contribution in [2.24, 2.45) is 0 Å². The van der Waals surface area contributed by atoms with E-state index < -0.39 is 5.66 Å². The summed E-state index contributed by atoms with van der Waals surface area (Å²) in [5.74, 6) is 0.0657. The van der Waals surface area contributed by atoms with Gasteiger partial charge in [0.05, 0.1) is 5.56 Å². The summed E-state index contributed by atoms with van der Waals surface area (Å²) < 4.78 is 0. The molecule has 1 aliphatic rings. The van der Waals surface area contributed by atoms with Crippen molar-refractivity contribution in [3.05, 3.63) is 114 Å². The highest BCUT2D eigenvalue weighted by Gasteiger charge is 2.42. The van der Waals surface area contributed by atoms with Crippen molar-refractivity contribution in [2.45, 2.75) is 19.0 Å². The molecule has 0 bridgehead atoms. The Kier molecular flexibility index (Phi) is 4.51. The molecular formula is C27H24N2O. The lowest BCUT2D eigenvalue weighted by Gasteiger charge is -2.47. The van der Waals surface area contributed by atoms with E-state index in [4.69, 9.17) is 0 Å². The molecule has 0 spiro atoms. The van der Waals surface area contributed by atoms with Gasteiger partial charge >= 0.3 is 0 Å². The molecule has 0 radical (unpaired) electrons. The minimum absolute atomic E-state index is 0.0657. The molecule has 148 valence electrons. The van der Waals surface area contributed by atoms with E-state index in [1.807, 2.05) is 47.4 Å². The monoisotopic (exact) mass is 392 g/mol. The molecule has 30 heavy (non-hydrogen) atoms. The average molecular weight is 393 g/mol. The second-order valence-electron chi connectivity index (χ2n) is 8.00. The molecule has 1 amide bonds. The Morgan fingerprint density at radius 1 is 0.800 bits per heavy atom. The van der Waals surface area contributed by atoms with E-state index in [1.165, 1.54) is 16.3 Å². The first-order valence-electron chi connectivity index (χ1n) is 10.4. The number of nitrogens with one attached hydrogen (secondary N) is 1. The molecule has 3 heteroatoms. The van der Waals surface area contributed by atoms with Crippen LogP contribution in [0.3, 0.4) is 0 Å². The molecule has 4 aromatic rings. The van der Waals surface area contributed by atoms with Gasteiger partial charge in [-0.25, -0.2) is 0 Å². The molecule has 5 rings (SSSR count). The zero-order valence-electron chi connectivity index (χ0n) is 17.0. The maximum absolute atomic E-state index is 13.6. The van der Waals surface area contributed by atoms with Crippen molar-refractivity contribution in [3.8, 4) is 0 Å². The summed E-state index contributed by atoms with van der Waals surface area (Å²) in [5, 5.41) is 6.05. The quantitative estimate of drug-likeness (QED) is 0.474. The number of rotatable bonds is 4. The van der Waals surface area contributed by atoms with Gasteiger partial charge in [0.25, 0.3) is 5.91 Å². The first-order chi connectivity index (χ1) is 14.6. The summed E-state index contributed by atoms with van der Waals surface area (Å²) in [7, 11) is 0. The van der Waals surface area contributed by atoms with Crippen molar-refractivity contribution in [2.75, 3.05) is 11.9 Å². The van der Waals surface area contributed by atoms with Crippen molar-refractivity contribution in [1.82, 2.24) is 4.90 Å². The smallest absolute Gasteiger partial charge is 0.258 e. The topological polar surface area (TPSA) is 32.3 Å². The first kappa shape index (κ1) is 18.4. The van der Waals surface area contributed by atoms with Crippen LogP contribution in [0.1, 0.15) is 28.4 Å². The molecular weight excluding hydrogens is 368 g/mol. The van der Waals surface area contributed by atoms with Crippen LogP contribution < -0.4 is 5.32 Å². The molecule has 1 aliphatic heterocycles. The van der Waals surface area contributed by atoms with Crippen LogP contribution in [0.2, 0.25) is 0 Å². The number of nitrogens with zero attached hydrogens (tertiary/aromatic N) is 1. The fourth-order valence-electron chi connectivity index (χ4n) is 4.39. The summed E-state index contributed by atoms with van der Waals surface area (Å²) in [6, 6.07) is 32.9. The van der Waals surface area contributed by atoms with E-state index in [1.54, 1.807) is 0 Å². The standard InChI is InChI=1S/C27H24N2O/c1-27(23-16-15-21-11-5-6-12-22(21)19-23)28-25-14-8-7-13-24(25)26(30)29(27)18-17-20-9-3-2-4-10-20/h2-16,19,28H,17-18H2,1H3. The number of amides is 1. The van der Waals surface area contributed by atoms with Crippen LogP contribution in [0.4, 0.5) is 5.69 Å². The van der Waals surface area contributed by atoms with Crippen molar-refractivity contribution in [3.63, 3.8) is 0 Å². The highest BCUT2D eigenvalue weighted by molar-refractivity contribution is 6.02. The lowest BCUT2D eigenvalue weighted by molar-refractivity contribution is 0.0539. The summed E-state index contributed by atoms with van der Waals surface area (Å²) >= 11 is 0. The summed E-state index contributed by atoms with van der Waals surface area (Å²) in [6.07, 6.45) is 0.805. The predicted octanol–water partition coefficient (Wildman–Crippen LogP) is 5.82. The van der Waals surface area contributed by atoms with Crippen molar-refractivity contribution in [1.29, 1.82) is 0 Å². The van der Waals surface area contributed by atoms with E-state index in [9.17, 15) is 4.79 Å². The Morgan fingerprint density at radius 2 is 1.50 bits per heavy atom. The van der Waals surface area contributed by atoms with E-state index in [-0.39, 0.29) is 5.91 Å². The Bertz CT molecular complexity index is 1220. The van der Waals surface area contributed by atoms with Gasteiger partial charge in [-0.3, -0.25) is 4.79 Å². The lowest BCUT2D eigenvalue weighted by Crippen LogP contribution is -2.56. The van der Waals surface area contributed by atoms with Gasteiger partial charge in [-0.15, -0.1) is 0 Å². The van der Waals surface area contributed by atoms with Gasteiger partial charge in [-0.05, 0) is 53.4 Å². The fourth-order valence-corrected chi connectivity index (χ4v) is 4.39. The second kappa shape index (κ2) is 7.34. The first-order valence-corrected chi connectivity index (χ1v) is 10.4. The molecule has 0 saturated carbocycles. The Labute approximate surface area is 177 Å². The molecule has 0 aliphatic carbocycles. The molecule has 0 fully saturated rings. The zero-order chi connectivity index (χ0) is 20.6. The van der Waals surface area contributed by atoms with Crippen LogP contribution in [0.5, 0.6) is 0 Å². The van der Waals surface area contributed by atoms with E-state index in [2.05, 4.69) is 66.8 Å². The summed E-state index contributed by atoms with van der Waals surface area (Å²) in [6.45, 7) is 2.74. The molecule has 1 heterocycles. The number of hydrogen-bond donors (Lipinski definition) is 1. The van der Waals surface area contributed by atoms with Gasteiger partial charge in [0.15, 0.2) is 0 Å². The van der Waals surface area contributed by atoms with Crippen LogP contribution in [0.15, 0.2) is 97.1 Å². The number of anilines is 1. The number of benzene rings is 4. The van der Waals surface area contributed by atoms with Gasteiger partial charge in [0.2, 0.25) is 0 Å². The minimum atomic E-state index is -0.635. The van der Waals surface area contributed by atoms with Crippen LogP contribution in [0.25, 0.3) is 10.8 Å².